The van der Waals surface area contributed by atoms with Gasteiger partial charge in [0.05, 0.1) is 28.0 Å². The summed E-state index contributed by atoms with van der Waals surface area (Å²) in [7, 11) is 0. The molecule has 0 unspecified atom stereocenters. The van der Waals surface area contributed by atoms with Crippen LogP contribution in [0.3, 0.4) is 0 Å². The smallest absolute Gasteiger partial charge is 0.277 e. The highest BCUT2D eigenvalue weighted by atomic mass is 16.6. The third kappa shape index (κ3) is 3.97. The standard InChI is InChI=1S/C13H11N5O6/c19-12-2-1-3-15-16(12)5-4-14-13(20)9-6-10(17(21)22)8-11(7-9)18(23)24/h1-3,6-8H,4-5H2,(H,14,20). The molecule has 0 aliphatic carbocycles. The maximum Gasteiger partial charge on any atom is 0.277 e. The topological polar surface area (TPSA) is 150 Å². The molecule has 0 aliphatic heterocycles. The number of carbonyl (C=O) groups is 1. The highest BCUT2D eigenvalue weighted by Crippen LogP contribution is 2.22. The second-order valence-electron chi connectivity index (χ2n) is 4.59. The Kier molecular flexibility index (Phi) is 4.94. The Balaban J connectivity index is 2.12. The van der Waals surface area contributed by atoms with Crippen LogP contribution in [0.15, 0.2) is 41.3 Å². The first-order valence-electron chi connectivity index (χ1n) is 6.62. The monoisotopic (exact) mass is 333 g/mol. The first-order chi connectivity index (χ1) is 11.4. The van der Waals surface area contributed by atoms with Crippen molar-refractivity contribution in [3.63, 3.8) is 0 Å². The average molecular weight is 333 g/mol. The van der Waals surface area contributed by atoms with Gasteiger partial charge in [-0.3, -0.25) is 29.8 Å². The number of nitrogens with one attached hydrogen (secondary N) is 1. The van der Waals surface area contributed by atoms with E-state index in [0.29, 0.717) is 0 Å². The maximum absolute atomic E-state index is 12.0. The minimum Gasteiger partial charge on any atom is -0.350 e. The van der Waals surface area contributed by atoms with E-state index in [9.17, 15) is 29.8 Å². The molecule has 0 saturated carbocycles. The van der Waals surface area contributed by atoms with Crippen molar-refractivity contribution in [2.75, 3.05) is 6.54 Å². The molecule has 2 aromatic rings. The molecular weight excluding hydrogens is 322 g/mol. The average Bonchev–Trinajstić information content (AvgIpc) is 2.56. The molecule has 1 aromatic carbocycles. The molecular formula is C13H11N5O6. The number of hydrogen-bond acceptors (Lipinski definition) is 7. The quantitative estimate of drug-likeness (QED) is 0.596. The van der Waals surface area contributed by atoms with E-state index in [-0.39, 0.29) is 24.2 Å². The molecule has 124 valence electrons. The molecule has 0 radical (unpaired) electrons. The van der Waals surface area contributed by atoms with Crippen LogP contribution in [0.4, 0.5) is 11.4 Å². The summed E-state index contributed by atoms with van der Waals surface area (Å²) in [6.45, 7) is 0.106. The Morgan fingerprint density at radius 2 is 1.79 bits per heavy atom. The van der Waals surface area contributed by atoms with Gasteiger partial charge in [0.25, 0.3) is 22.8 Å². The number of nitro benzene ring substituents is 2. The normalized spacial score (nSPS) is 10.2. The number of benzene rings is 1. The van der Waals surface area contributed by atoms with E-state index in [1.165, 1.54) is 18.3 Å². The van der Waals surface area contributed by atoms with Crippen molar-refractivity contribution in [2.45, 2.75) is 6.54 Å². The van der Waals surface area contributed by atoms with Crippen LogP contribution in [0.5, 0.6) is 0 Å². The summed E-state index contributed by atoms with van der Waals surface area (Å²) in [6.07, 6.45) is 1.41. The lowest BCUT2D eigenvalue weighted by atomic mass is 10.1. The molecule has 2 rings (SSSR count). The summed E-state index contributed by atoms with van der Waals surface area (Å²) in [6, 6.07) is 5.42. The van der Waals surface area contributed by atoms with Gasteiger partial charge in [0.1, 0.15) is 0 Å². The van der Waals surface area contributed by atoms with E-state index in [1.54, 1.807) is 0 Å². The van der Waals surface area contributed by atoms with Gasteiger partial charge in [-0.1, -0.05) is 0 Å². The lowest BCUT2D eigenvalue weighted by Gasteiger charge is -2.06. The van der Waals surface area contributed by atoms with Crippen LogP contribution in [0.25, 0.3) is 0 Å². The number of amides is 1. The van der Waals surface area contributed by atoms with Crippen molar-refractivity contribution in [1.82, 2.24) is 15.1 Å². The van der Waals surface area contributed by atoms with Crippen LogP contribution < -0.4 is 10.9 Å². The van der Waals surface area contributed by atoms with Crippen molar-refractivity contribution >= 4 is 17.3 Å². The number of hydrogen-bond donors (Lipinski definition) is 1. The predicted octanol–water partition coefficient (Wildman–Crippen LogP) is 0.490. The molecule has 11 nitrogen and oxygen atoms in total. The Bertz CT molecular complexity index is 830. The minimum absolute atomic E-state index is 0.0201. The zero-order valence-corrected chi connectivity index (χ0v) is 12.1. The van der Waals surface area contributed by atoms with Crippen LogP contribution >= 0.6 is 0 Å². The van der Waals surface area contributed by atoms with E-state index in [1.807, 2.05) is 0 Å². The van der Waals surface area contributed by atoms with Gasteiger partial charge in [-0.2, -0.15) is 5.10 Å². The second-order valence-corrected chi connectivity index (χ2v) is 4.59. The Labute approximate surface area is 133 Å². The molecule has 0 spiro atoms. The van der Waals surface area contributed by atoms with Gasteiger partial charge >= 0.3 is 0 Å². The third-order valence-corrected chi connectivity index (χ3v) is 2.98. The van der Waals surface area contributed by atoms with Gasteiger partial charge in [0.2, 0.25) is 0 Å². The molecule has 0 aliphatic rings. The Morgan fingerprint density at radius 3 is 2.33 bits per heavy atom. The molecule has 0 fully saturated rings. The summed E-state index contributed by atoms with van der Waals surface area (Å²) in [5.41, 5.74) is -1.69. The number of aromatic nitrogens is 2. The molecule has 0 saturated heterocycles. The van der Waals surface area contributed by atoms with Crippen molar-refractivity contribution in [3.8, 4) is 0 Å². The van der Waals surface area contributed by atoms with Gasteiger partial charge in [-0.15, -0.1) is 0 Å². The fraction of sp³-hybridized carbons (Fsp3) is 0.154. The van der Waals surface area contributed by atoms with Crippen LogP contribution in [0.2, 0.25) is 0 Å². The van der Waals surface area contributed by atoms with E-state index < -0.39 is 27.1 Å². The van der Waals surface area contributed by atoms with Gasteiger partial charge in [0.15, 0.2) is 0 Å². The molecule has 1 heterocycles. The maximum atomic E-state index is 12.0. The van der Waals surface area contributed by atoms with Crippen LogP contribution in [0.1, 0.15) is 10.4 Å². The second kappa shape index (κ2) is 7.09. The van der Waals surface area contributed by atoms with E-state index in [0.717, 1.165) is 22.9 Å². The number of rotatable bonds is 6. The van der Waals surface area contributed by atoms with Crippen molar-refractivity contribution in [2.24, 2.45) is 0 Å². The van der Waals surface area contributed by atoms with Crippen LogP contribution in [0, 0.1) is 20.2 Å². The molecule has 0 bridgehead atoms. The van der Waals surface area contributed by atoms with Crippen molar-refractivity contribution in [3.05, 3.63) is 72.7 Å². The summed E-state index contributed by atoms with van der Waals surface area (Å²) < 4.78 is 1.12. The van der Waals surface area contributed by atoms with E-state index in [4.69, 9.17) is 0 Å². The largest absolute Gasteiger partial charge is 0.350 e. The van der Waals surface area contributed by atoms with Gasteiger partial charge in [-0.25, -0.2) is 4.68 Å². The molecule has 0 atom stereocenters. The zero-order valence-electron chi connectivity index (χ0n) is 12.1. The van der Waals surface area contributed by atoms with Gasteiger partial charge in [0, 0.05) is 30.9 Å². The third-order valence-electron chi connectivity index (χ3n) is 2.98. The molecule has 24 heavy (non-hydrogen) atoms. The molecule has 1 amide bonds. The van der Waals surface area contributed by atoms with Crippen LogP contribution in [-0.4, -0.2) is 32.1 Å². The number of nitrogens with zero attached hydrogens (tertiary/aromatic N) is 4. The zero-order chi connectivity index (χ0) is 17.7. The summed E-state index contributed by atoms with van der Waals surface area (Å²) >= 11 is 0. The first kappa shape index (κ1) is 16.7. The van der Waals surface area contributed by atoms with E-state index in [2.05, 4.69) is 10.4 Å². The van der Waals surface area contributed by atoms with Crippen LogP contribution in [-0.2, 0) is 6.54 Å². The predicted molar refractivity (Wildman–Crippen MR) is 80.6 cm³/mol. The van der Waals surface area contributed by atoms with Crippen molar-refractivity contribution in [1.29, 1.82) is 0 Å². The minimum atomic E-state index is -0.822. The molecule has 1 aromatic heterocycles. The molecule has 1 N–H and O–H groups in total. The lowest BCUT2D eigenvalue weighted by Crippen LogP contribution is -2.31. The van der Waals surface area contributed by atoms with Gasteiger partial charge in [-0.05, 0) is 6.07 Å². The summed E-state index contributed by atoms with van der Waals surface area (Å²) in [4.78, 5) is 43.4. The Hall–Kier alpha value is -3.63. The first-order valence-corrected chi connectivity index (χ1v) is 6.62. The van der Waals surface area contributed by atoms with E-state index >= 15 is 0 Å². The fourth-order valence-electron chi connectivity index (χ4n) is 1.87. The number of nitro groups is 2. The number of carbonyl (C=O) groups excluding carboxylic acids is 1. The van der Waals surface area contributed by atoms with Gasteiger partial charge < -0.3 is 5.32 Å². The molecule has 11 heteroatoms. The van der Waals surface area contributed by atoms with Crippen molar-refractivity contribution < 1.29 is 14.6 Å². The highest BCUT2D eigenvalue weighted by Gasteiger charge is 2.19. The lowest BCUT2D eigenvalue weighted by molar-refractivity contribution is -0.394. The highest BCUT2D eigenvalue weighted by molar-refractivity contribution is 5.95. The summed E-state index contributed by atoms with van der Waals surface area (Å²) in [5.74, 6) is -0.731. The fourth-order valence-corrected chi connectivity index (χ4v) is 1.87. The Morgan fingerprint density at radius 1 is 1.17 bits per heavy atom. The number of non-ortho nitro benzene ring substituents is 2. The SMILES string of the molecule is O=C(NCCn1ncccc1=O)c1cc([N+](=O)[O-])cc([N+](=O)[O-])c1. The summed E-state index contributed by atoms with van der Waals surface area (Å²) in [5, 5.41) is 27.8.